The van der Waals surface area contributed by atoms with Gasteiger partial charge < -0.3 is 65.3 Å². The molecule has 24 nitrogen and oxygen atoms in total. The van der Waals surface area contributed by atoms with Gasteiger partial charge in [0.25, 0.3) is 0 Å². The van der Waals surface area contributed by atoms with Crippen molar-refractivity contribution in [3.63, 3.8) is 0 Å². The van der Waals surface area contributed by atoms with Crippen molar-refractivity contribution in [2.24, 2.45) is 10.9 Å². The van der Waals surface area contributed by atoms with E-state index in [1.54, 1.807) is 77.0 Å². The first-order valence-electron chi connectivity index (χ1n) is 16.5. The van der Waals surface area contributed by atoms with E-state index in [9.17, 15) is 38.4 Å². The zero-order chi connectivity index (χ0) is 46.1. The topological polar surface area (TPSA) is 345 Å². The van der Waals surface area contributed by atoms with Gasteiger partial charge in [0.15, 0.2) is 12.1 Å². The van der Waals surface area contributed by atoms with Crippen molar-refractivity contribution in [2.75, 3.05) is 49.6 Å². The minimum atomic E-state index is -1.13. The minimum Gasteiger partial charge on any atom is -0.480 e. The fourth-order valence-corrected chi connectivity index (χ4v) is 2.98. The van der Waals surface area contributed by atoms with Gasteiger partial charge in [-0.3, -0.25) is 14.5 Å². The lowest BCUT2D eigenvalue weighted by molar-refractivity contribution is -0.188. The average Bonchev–Trinajstić information content (AvgIpc) is 3.17. The summed E-state index contributed by atoms with van der Waals surface area (Å²) in [4.78, 5) is 97.8. The number of carbonyl (C=O) groups is 8. The number of aliphatic carboxylic acids is 5. The van der Waals surface area contributed by atoms with Gasteiger partial charge >= 0.3 is 48.1 Å². The highest BCUT2D eigenvalue weighted by atomic mass is 17.2. The molecule has 0 unspecified atom stereocenters. The summed E-state index contributed by atoms with van der Waals surface area (Å²) >= 11 is 0. The number of carboxylic acid groups (broad SMARTS) is 5. The van der Waals surface area contributed by atoms with Crippen LogP contribution in [0.3, 0.4) is 0 Å². The molecule has 0 fully saturated rings. The molecule has 0 aliphatic carbocycles. The van der Waals surface area contributed by atoms with Crippen molar-refractivity contribution in [1.29, 1.82) is 0 Å². The highest BCUT2D eigenvalue weighted by molar-refractivity contribution is 5.82. The van der Waals surface area contributed by atoms with Crippen LogP contribution in [-0.2, 0) is 52.7 Å². The average molecular weight is 840 g/mol. The third kappa shape index (κ3) is 30.0. The largest absolute Gasteiger partial charge is 0.480 e. The van der Waals surface area contributed by atoms with E-state index >= 15 is 0 Å². The molecule has 58 heavy (non-hydrogen) atoms. The number of methoxy groups -OCH3 is 4. The van der Waals surface area contributed by atoms with Gasteiger partial charge in [-0.15, -0.1) is 0 Å². The van der Waals surface area contributed by atoms with Crippen molar-refractivity contribution < 1.29 is 92.6 Å². The van der Waals surface area contributed by atoms with E-state index in [-0.39, 0.29) is 12.0 Å². The Morgan fingerprint density at radius 3 is 1.41 bits per heavy atom. The number of hydrogen-bond acceptors (Lipinski definition) is 16. The Bertz CT molecular complexity index is 1410. The standard InChI is InChI=1S/C10H11NO4.C7H13NO5.C7H13NO4.C5H9NO4.C5H11NO2/c1-15-10(14)11-8(9(12)13)7-5-3-2-4-6-7;1-5(11-2)6(7(9)10)8-4-13-12-3;1-4(2)5(6(9)10)8-7(11)12-3;1-3(4(7)8)6-5(9)10-2;1-4(5(7)8)6(2)3/h2-6,8H,1H3,(H,11,14)(H,12,13);4-6H,1-3H3,(H,9,10);4-5H,1-3H3,(H,8,11)(H,9,10);3H,1-2H3,(H,6,9)(H,7,8);4H,1-3H3,(H,7,8)/t8-;5-,6-;5-;3-;4-/m01111/s1. The third-order valence-corrected chi connectivity index (χ3v) is 6.67. The Hall–Kier alpha value is -6.27. The van der Waals surface area contributed by atoms with E-state index in [1.807, 2.05) is 0 Å². The summed E-state index contributed by atoms with van der Waals surface area (Å²) in [5.74, 6) is -5.31. The molecule has 3 amide bonds. The van der Waals surface area contributed by atoms with Crippen molar-refractivity contribution in [3.8, 4) is 0 Å². The summed E-state index contributed by atoms with van der Waals surface area (Å²) in [5.41, 5.74) is 0.496. The number of hydrogen-bond donors (Lipinski definition) is 8. The van der Waals surface area contributed by atoms with Crippen LogP contribution < -0.4 is 16.0 Å². The van der Waals surface area contributed by atoms with Crippen LogP contribution in [-0.4, -0.2) is 165 Å². The Balaban J connectivity index is -0.000000319. The molecule has 0 saturated heterocycles. The summed E-state index contributed by atoms with van der Waals surface area (Å²) in [6, 6.07) is 4.15. The van der Waals surface area contributed by atoms with Crippen LogP contribution in [0.2, 0.25) is 0 Å². The van der Waals surface area contributed by atoms with Crippen molar-refractivity contribution in [2.45, 2.75) is 70.9 Å². The number of alkyl carbamates (subject to hydrolysis) is 3. The molecule has 0 bridgehead atoms. The molecule has 24 heteroatoms. The van der Waals surface area contributed by atoms with Crippen LogP contribution in [0.15, 0.2) is 35.3 Å². The Kier molecular flexibility index (Phi) is 34.3. The predicted molar refractivity (Wildman–Crippen MR) is 202 cm³/mol. The molecule has 0 saturated carbocycles. The molecule has 0 aliphatic heterocycles. The molecule has 8 N–H and O–H groups in total. The predicted octanol–water partition coefficient (Wildman–Crippen LogP) is 1.54. The molecule has 1 aromatic rings. The molecule has 332 valence electrons. The van der Waals surface area contributed by atoms with Gasteiger partial charge in [0.1, 0.15) is 18.1 Å². The molecule has 1 aromatic carbocycles. The maximum Gasteiger partial charge on any atom is 0.407 e. The van der Waals surface area contributed by atoms with Gasteiger partial charge in [-0.05, 0) is 46.3 Å². The maximum atomic E-state index is 10.9. The quantitative estimate of drug-likeness (QED) is 0.0385. The second-order valence-corrected chi connectivity index (χ2v) is 11.4. The number of ether oxygens (including phenoxy) is 4. The first-order chi connectivity index (χ1) is 26.9. The summed E-state index contributed by atoms with van der Waals surface area (Å²) in [7, 11) is 9.71. The third-order valence-electron chi connectivity index (χ3n) is 6.67. The van der Waals surface area contributed by atoms with Crippen LogP contribution in [0.4, 0.5) is 14.4 Å². The lowest BCUT2D eigenvalue weighted by atomic mass is 10.1. The highest BCUT2D eigenvalue weighted by Gasteiger charge is 2.24. The summed E-state index contributed by atoms with van der Waals surface area (Å²) < 4.78 is 17.6. The second kappa shape index (κ2) is 34.0. The Morgan fingerprint density at radius 2 is 1.10 bits per heavy atom. The number of carboxylic acids is 5. The van der Waals surface area contributed by atoms with E-state index < -0.39 is 78.4 Å². The molecular formula is C34H57N5O19. The van der Waals surface area contributed by atoms with Crippen LogP contribution in [0, 0.1) is 5.92 Å². The number of nitrogens with one attached hydrogen (secondary N) is 3. The van der Waals surface area contributed by atoms with Crippen LogP contribution in [0.1, 0.15) is 46.2 Å². The van der Waals surface area contributed by atoms with E-state index in [0.717, 1.165) is 6.40 Å². The molecule has 6 atom stereocenters. The van der Waals surface area contributed by atoms with Gasteiger partial charge in [0.2, 0.25) is 6.40 Å². The molecule has 0 aromatic heterocycles. The number of nitrogens with zero attached hydrogens (tertiary/aromatic N) is 2. The highest BCUT2D eigenvalue weighted by Crippen LogP contribution is 2.12. The smallest absolute Gasteiger partial charge is 0.407 e. The fourth-order valence-electron chi connectivity index (χ4n) is 2.98. The van der Waals surface area contributed by atoms with Gasteiger partial charge in [-0.1, -0.05) is 44.2 Å². The van der Waals surface area contributed by atoms with E-state index in [4.69, 9.17) is 30.3 Å². The molecule has 0 heterocycles. The second-order valence-electron chi connectivity index (χ2n) is 11.4. The number of likely N-dealkylation sites (N-methyl/N-ethyl adjacent to an activating group) is 1. The van der Waals surface area contributed by atoms with Crippen molar-refractivity contribution >= 4 is 54.5 Å². The number of benzene rings is 1. The molecular weight excluding hydrogens is 782 g/mol. The Morgan fingerprint density at radius 1 is 0.638 bits per heavy atom. The zero-order valence-electron chi connectivity index (χ0n) is 34.4. The van der Waals surface area contributed by atoms with Gasteiger partial charge in [0.05, 0.1) is 34.5 Å². The number of aliphatic imine (C=N–C) groups is 1. The van der Waals surface area contributed by atoms with Crippen LogP contribution >= 0.6 is 0 Å². The lowest BCUT2D eigenvalue weighted by Crippen LogP contribution is -2.44. The summed E-state index contributed by atoms with van der Waals surface area (Å²) in [6.45, 7) is 7.99. The number of carbonyl (C=O) groups excluding carboxylic acids is 3. The lowest BCUT2D eigenvalue weighted by Gasteiger charge is -2.16. The molecule has 0 aliphatic rings. The minimum absolute atomic E-state index is 0.165. The fraction of sp³-hybridized carbons (Fsp3) is 0.559. The van der Waals surface area contributed by atoms with Crippen molar-refractivity contribution in [3.05, 3.63) is 35.9 Å². The van der Waals surface area contributed by atoms with E-state index in [1.165, 1.54) is 42.5 Å². The van der Waals surface area contributed by atoms with Gasteiger partial charge in [-0.2, -0.15) is 4.89 Å². The summed E-state index contributed by atoms with van der Waals surface area (Å²) in [5, 5.41) is 49.3. The molecule has 1 rings (SSSR count). The van der Waals surface area contributed by atoms with Gasteiger partial charge in [0, 0.05) is 7.11 Å². The number of rotatable bonds is 16. The first-order valence-corrected chi connectivity index (χ1v) is 16.5. The number of amides is 3. The normalized spacial score (nSPS) is 13.0. The van der Waals surface area contributed by atoms with E-state index in [2.05, 4.69) is 44.9 Å². The summed E-state index contributed by atoms with van der Waals surface area (Å²) in [6.07, 6.45) is -1.83. The molecule has 0 radical (unpaired) electrons. The van der Waals surface area contributed by atoms with Gasteiger partial charge in [-0.25, -0.2) is 33.8 Å². The monoisotopic (exact) mass is 839 g/mol. The van der Waals surface area contributed by atoms with Crippen molar-refractivity contribution in [1.82, 2.24) is 20.9 Å². The zero-order valence-corrected chi connectivity index (χ0v) is 34.4. The SMILES string of the molecule is COC(=O)N[C@@H](C(=O)O)C(C)C.COC(=O)N[C@H](C(=O)O)c1ccccc1.COC(=O)N[C@H](C)C(=O)O.COOC=N[C@@H](C(=O)O)[C@@H](C)OC.C[C@H](C(=O)O)N(C)C. The van der Waals surface area contributed by atoms with Crippen LogP contribution in [0.25, 0.3) is 0 Å². The molecule has 0 spiro atoms. The van der Waals surface area contributed by atoms with Crippen LogP contribution in [0.5, 0.6) is 0 Å². The first kappa shape index (κ1) is 58.4. The van der Waals surface area contributed by atoms with E-state index in [0.29, 0.717) is 5.56 Å². The maximum absolute atomic E-state index is 10.9. The Labute approximate surface area is 335 Å².